The topological polar surface area (TPSA) is 61.4 Å². The second-order valence-electron chi connectivity index (χ2n) is 6.12. The van der Waals surface area contributed by atoms with E-state index in [0.29, 0.717) is 17.8 Å². The first-order valence-corrected chi connectivity index (χ1v) is 9.50. The Labute approximate surface area is 152 Å². The summed E-state index contributed by atoms with van der Waals surface area (Å²) in [6.07, 6.45) is 1.43. The van der Waals surface area contributed by atoms with Gasteiger partial charge in [-0.15, -0.1) is 11.3 Å². The van der Waals surface area contributed by atoms with E-state index < -0.39 is 6.04 Å². The van der Waals surface area contributed by atoms with Gasteiger partial charge < -0.3 is 15.5 Å². The lowest BCUT2D eigenvalue weighted by atomic mass is 10.0. The van der Waals surface area contributed by atoms with Crippen LogP contribution in [0.3, 0.4) is 0 Å². The SMILES string of the molecule is O=C(NC(Cc1ccccc1)C(=O)N1CCCNCC1)c1cccs1. The van der Waals surface area contributed by atoms with Crippen molar-refractivity contribution in [1.29, 1.82) is 0 Å². The number of nitrogens with zero attached hydrogens (tertiary/aromatic N) is 1. The van der Waals surface area contributed by atoms with E-state index in [1.54, 1.807) is 6.07 Å². The summed E-state index contributed by atoms with van der Waals surface area (Å²) in [7, 11) is 0. The summed E-state index contributed by atoms with van der Waals surface area (Å²) in [5, 5.41) is 8.11. The molecule has 5 nitrogen and oxygen atoms in total. The average molecular weight is 357 g/mol. The van der Waals surface area contributed by atoms with E-state index in [1.807, 2.05) is 46.7 Å². The second-order valence-corrected chi connectivity index (χ2v) is 7.07. The van der Waals surface area contributed by atoms with Crippen molar-refractivity contribution in [3.8, 4) is 0 Å². The molecular formula is C19H23N3O2S. The van der Waals surface area contributed by atoms with Crippen molar-refractivity contribution >= 4 is 23.2 Å². The van der Waals surface area contributed by atoms with Gasteiger partial charge in [-0.25, -0.2) is 0 Å². The van der Waals surface area contributed by atoms with Gasteiger partial charge in [0, 0.05) is 26.1 Å². The van der Waals surface area contributed by atoms with Crippen LogP contribution in [0, 0.1) is 0 Å². The normalized spacial score (nSPS) is 16.1. The largest absolute Gasteiger partial charge is 0.340 e. The number of amides is 2. The van der Waals surface area contributed by atoms with Crippen molar-refractivity contribution in [2.45, 2.75) is 18.9 Å². The summed E-state index contributed by atoms with van der Waals surface area (Å²) in [6.45, 7) is 3.13. The van der Waals surface area contributed by atoms with Crippen LogP contribution in [0.25, 0.3) is 0 Å². The number of carbonyl (C=O) groups excluding carboxylic acids is 2. The van der Waals surface area contributed by atoms with Crippen molar-refractivity contribution in [2.75, 3.05) is 26.2 Å². The van der Waals surface area contributed by atoms with Crippen molar-refractivity contribution in [2.24, 2.45) is 0 Å². The molecule has 1 unspecified atom stereocenters. The molecule has 1 saturated heterocycles. The molecule has 1 aromatic carbocycles. The smallest absolute Gasteiger partial charge is 0.262 e. The number of carbonyl (C=O) groups is 2. The minimum atomic E-state index is -0.546. The van der Waals surface area contributed by atoms with Crippen LogP contribution in [0.5, 0.6) is 0 Å². The average Bonchev–Trinajstić information content (AvgIpc) is 3.04. The Balaban J connectivity index is 1.75. The zero-order chi connectivity index (χ0) is 17.5. The van der Waals surface area contributed by atoms with Gasteiger partial charge in [-0.05, 0) is 30.0 Å². The molecule has 3 rings (SSSR count). The fraction of sp³-hybridized carbons (Fsp3) is 0.368. The molecule has 1 fully saturated rings. The van der Waals surface area contributed by atoms with Gasteiger partial charge in [0.05, 0.1) is 4.88 Å². The molecule has 0 saturated carbocycles. The molecule has 2 aromatic rings. The molecule has 1 atom stereocenters. The molecule has 132 valence electrons. The van der Waals surface area contributed by atoms with Gasteiger partial charge >= 0.3 is 0 Å². The first kappa shape index (κ1) is 17.6. The number of rotatable bonds is 5. The third-order valence-electron chi connectivity index (χ3n) is 4.28. The van der Waals surface area contributed by atoms with Crippen molar-refractivity contribution in [3.63, 3.8) is 0 Å². The lowest BCUT2D eigenvalue weighted by Gasteiger charge is -2.26. The Kier molecular flexibility index (Phi) is 6.19. The van der Waals surface area contributed by atoms with E-state index in [2.05, 4.69) is 10.6 Å². The van der Waals surface area contributed by atoms with Crippen LogP contribution < -0.4 is 10.6 Å². The Bertz CT molecular complexity index is 680. The summed E-state index contributed by atoms with van der Waals surface area (Å²) < 4.78 is 0. The van der Waals surface area contributed by atoms with E-state index in [4.69, 9.17) is 0 Å². The van der Waals surface area contributed by atoms with E-state index in [1.165, 1.54) is 11.3 Å². The molecule has 2 heterocycles. The van der Waals surface area contributed by atoms with Crippen LogP contribution in [-0.4, -0.2) is 48.9 Å². The maximum Gasteiger partial charge on any atom is 0.262 e. The first-order valence-electron chi connectivity index (χ1n) is 8.62. The standard InChI is InChI=1S/C19H23N3O2S/c23-18(17-8-4-13-25-17)21-16(14-15-6-2-1-3-7-15)19(24)22-11-5-9-20-10-12-22/h1-4,6-8,13,16,20H,5,9-12,14H2,(H,21,23). The highest BCUT2D eigenvalue weighted by Crippen LogP contribution is 2.12. The number of benzene rings is 1. The van der Waals surface area contributed by atoms with Crippen LogP contribution >= 0.6 is 11.3 Å². The lowest BCUT2D eigenvalue weighted by molar-refractivity contribution is -0.133. The molecule has 25 heavy (non-hydrogen) atoms. The molecule has 2 N–H and O–H groups in total. The summed E-state index contributed by atoms with van der Waals surface area (Å²) >= 11 is 1.38. The molecule has 1 aliphatic heterocycles. The maximum atomic E-state index is 13.0. The van der Waals surface area contributed by atoms with Crippen LogP contribution in [-0.2, 0) is 11.2 Å². The highest BCUT2D eigenvalue weighted by molar-refractivity contribution is 7.12. The second kappa shape index (κ2) is 8.78. The van der Waals surface area contributed by atoms with Gasteiger partial charge in [0.15, 0.2) is 0 Å². The molecular weight excluding hydrogens is 334 g/mol. The van der Waals surface area contributed by atoms with Gasteiger partial charge in [0.25, 0.3) is 5.91 Å². The van der Waals surface area contributed by atoms with Crippen LogP contribution in [0.15, 0.2) is 47.8 Å². The molecule has 2 amide bonds. The quantitative estimate of drug-likeness (QED) is 0.859. The number of hydrogen-bond donors (Lipinski definition) is 2. The third-order valence-corrected chi connectivity index (χ3v) is 5.15. The fourth-order valence-corrected chi connectivity index (χ4v) is 3.60. The molecule has 1 aromatic heterocycles. The van der Waals surface area contributed by atoms with Crippen LogP contribution in [0.4, 0.5) is 0 Å². The van der Waals surface area contributed by atoms with E-state index in [0.717, 1.165) is 31.6 Å². The number of nitrogens with one attached hydrogen (secondary N) is 2. The Hall–Kier alpha value is -2.18. The zero-order valence-electron chi connectivity index (χ0n) is 14.1. The Morgan fingerprint density at radius 1 is 1.12 bits per heavy atom. The molecule has 0 bridgehead atoms. The summed E-state index contributed by atoms with van der Waals surface area (Å²) in [4.78, 5) is 28.0. The highest BCUT2D eigenvalue weighted by atomic mass is 32.1. The molecule has 6 heteroatoms. The third kappa shape index (κ3) is 4.90. The predicted octanol–water partition coefficient (Wildman–Crippen LogP) is 1.91. The minimum Gasteiger partial charge on any atom is -0.340 e. The Morgan fingerprint density at radius 2 is 1.96 bits per heavy atom. The summed E-state index contributed by atoms with van der Waals surface area (Å²) in [5.41, 5.74) is 1.04. The van der Waals surface area contributed by atoms with Crippen LogP contribution in [0.2, 0.25) is 0 Å². The zero-order valence-corrected chi connectivity index (χ0v) is 14.9. The molecule has 0 radical (unpaired) electrons. The van der Waals surface area contributed by atoms with Crippen molar-refractivity contribution in [3.05, 3.63) is 58.3 Å². The van der Waals surface area contributed by atoms with Crippen molar-refractivity contribution < 1.29 is 9.59 Å². The first-order chi connectivity index (χ1) is 12.2. The monoisotopic (exact) mass is 357 g/mol. The minimum absolute atomic E-state index is 0.00235. The fourth-order valence-electron chi connectivity index (χ4n) is 2.97. The lowest BCUT2D eigenvalue weighted by Crippen LogP contribution is -2.50. The summed E-state index contributed by atoms with van der Waals surface area (Å²) in [5.74, 6) is -0.185. The van der Waals surface area contributed by atoms with Gasteiger partial charge in [0.2, 0.25) is 5.91 Å². The Morgan fingerprint density at radius 3 is 2.72 bits per heavy atom. The van der Waals surface area contributed by atoms with Gasteiger partial charge in [-0.3, -0.25) is 9.59 Å². The molecule has 1 aliphatic rings. The van der Waals surface area contributed by atoms with E-state index in [9.17, 15) is 9.59 Å². The molecule has 0 spiro atoms. The van der Waals surface area contributed by atoms with E-state index in [-0.39, 0.29) is 11.8 Å². The van der Waals surface area contributed by atoms with Crippen LogP contribution in [0.1, 0.15) is 21.7 Å². The van der Waals surface area contributed by atoms with Crippen molar-refractivity contribution in [1.82, 2.24) is 15.5 Å². The van der Waals surface area contributed by atoms with Gasteiger partial charge in [-0.1, -0.05) is 36.4 Å². The van der Waals surface area contributed by atoms with Gasteiger partial charge in [-0.2, -0.15) is 0 Å². The predicted molar refractivity (Wildman–Crippen MR) is 99.8 cm³/mol. The number of hydrogen-bond acceptors (Lipinski definition) is 4. The molecule has 0 aliphatic carbocycles. The summed E-state index contributed by atoms with van der Waals surface area (Å²) in [6, 6.07) is 12.9. The van der Waals surface area contributed by atoms with E-state index >= 15 is 0 Å². The van der Waals surface area contributed by atoms with Gasteiger partial charge in [0.1, 0.15) is 6.04 Å². The highest BCUT2D eigenvalue weighted by Gasteiger charge is 2.27. The number of thiophene rings is 1. The maximum absolute atomic E-state index is 13.0.